The molecular formula is C17H19NOS. The highest BCUT2D eigenvalue weighted by molar-refractivity contribution is 7.99. The average molecular weight is 285 g/mol. The lowest BCUT2D eigenvalue weighted by Crippen LogP contribution is -2.14. The van der Waals surface area contributed by atoms with Crippen molar-refractivity contribution >= 4 is 11.8 Å². The summed E-state index contributed by atoms with van der Waals surface area (Å²) in [4.78, 5) is 2.39. The first kappa shape index (κ1) is 13.5. The molecule has 1 aliphatic rings. The second-order valence-corrected chi connectivity index (χ2v) is 6.17. The molecule has 2 aromatic rings. The smallest absolute Gasteiger partial charge is 0.132 e. The SMILES string of the molecule is COc1ccccc1Sc1ccc(CNC2CC2)cc1. The van der Waals surface area contributed by atoms with Gasteiger partial charge in [-0.3, -0.25) is 0 Å². The summed E-state index contributed by atoms with van der Waals surface area (Å²) in [6.45, 7) is 0.976. The molecule has 0 amide bonds. The van der Waals surface area contributed by atoms with E-state index in [-0.39, 0.29) is 0 Å². The van der Waals surface area contributed by atoms with Crippen LogP contribution in [0.25, 0.3) is 0 Å². The summed E-state index contributed by atoms with van der Waals surface area (Å²) in [5.41, 5.74) is 1.35. The van der Waals surface area contributed by atoms with Crippen LogP contribution in [0.1, 0.15) is 18.4 Å². The molecule has 0 heterocycles. The summed E-state index contributed by atoms with van der Waals surface area (Å²) < 4.78 is 5.38. The van der Waals surface area contributed by atoms with Crippen LogP contribution in [-0.2, 0) is 6.54 Å². The van der Waals surface area contributed by atoms with Gasteiger partial charge < -0.3 is 10.1 Å². The first-order valence-corrected chi connectivity index (χ1v) is 7.80. The van der Waals surface area contributed by atoms with Gasteiger partial charge in [0.25, 0.3) is 0 Å². The molecule has 0 radical (unpaired) electrons. The fourth-order valence-electron chi connectivity index (χ4n) is 2.06. The van der Waals surface area contributed by atoms with Gasteiger partial charge in [-0.05, 0) is 42.7 Å². The third-order valence-corrected chi connectivity index (χ3v) is 4.46. The van der Waals surface area contributed by atoms with Crippen LogP contribution in [0, 0.1) is 0 Å². The second-order valence-electron chi connectivity index (χ2n) is 5.05. The Hall–Kier alpha value is -1.45. The van der Waals surface area contributed by atoms with Crippen molar-refractivity contribution in [1.82, 2.24) is 5.32 Å². The maximum atomic E-state index is 5.38. The summed E-state index contributed by atoms with van der Waals surface area (Å²) >= 11 is 1.74. The first-order valence-electron chi connectivity index (χ1n) is 6.98. The van der Waals surface area contributed by atoms with Gasteiger partial charge in [-0.25, -0.2) is 0 Å². The summed E-state index contributed by atoms with van der Waals surface area (Å²) in [5.74, 6) is 0.928. The Balaban J connectivity index is 1.64. The van der Waals surface area contributed by atoms with E-state index < -0.39 is 0 Å². The van der Waals surface area contributed by atoms with Gasteiger partial charge in [0, 0.05) is 17.5 Å². The van der Waals surface area contributed by atoms with Crippen LogP contribution in [0.5, 0.6) is 5.75 Å². The number of hydrogen-bond acceptors (Lipinski definition) is 3. The Labute approximate surface area is 124 Å². The van der Waals surface area contributed by atoms with Gasteiger partial charge in [0.15, 0.2) is 0 Å². The van der Waals surface area contributed by atoms with Gasteiger partial charge in [-0.15, -0.1) is 0 Å². The Kier molecular flexibility index (Phi) is 4.28. The predicted molar refractivity (Wildman–Crippen MR) is 83.4 cm³/mol. The number of nitrogens with one attached hydrogen (secondary N) is 1. The van der Waals surface area contributed by atoms with E-state index in [1.54, 1.807) is 18.9 Å². The maximum absolute atomic E-state index is 5.38. The lowest BCUT2D eigenvalue weighted by Gasteiger charge is -2.08. The molecule has 0 unspecified atom stereocenters. The number of para-hydroxylation sites is 1. The number of ether oxygens (including phenoxy) is 1. The van der Waals surface area contributed by atoms with Gasteiger partial charge >= 0.3 is 0 Å². The lowest BCUT2D eigenvalue weighted by molar-refractivity contribution is 0.405. The van der Waals surface area contributed by atoms with Crippen LogP contribution in [0.4, 0.5) is 0 Å². The Morgan fingerprint density at radius 2 is 1.85 bits per heavy atom. The zero-order chi connectivity index (χ0) is 13.8. The van der Waals surface area contributed by atoms with Gasteiger partial charge in [0.1, 0.15) is 5.75 Å². The average Bonchev–Trinajstić information content (AvgIpc) is 3.31. The molecule has 1 saturated carbocycles. The highest BCUT2D eigenvalue weighted by atomic mass is 32.2. The quantitative estimate of drug-likeness (QED) is 0.863. The highest BCUT2D eigenvalue weighted by Crippen LogP contribution is 2.34. The summed E-state index contributed by atoms with van der Waals surface area (Å²) in [5, 5.41) is 3.53. The van der Waals surface area contributed by atoms with Crippen LogP contribution in [0.3, 0.4) is 0 Å². The third kappa shape index (κ3) is 3.56. The van der Waals surface area contributed by atoms with Crippen molar-refractivity contribution in [3.05, 3.63) is 54.1 Å². The molecule has 1 N–H and O–H groups in total. The van der Waals surface area contributed by atoms with E-state index in [0.717, 1.165) is 23.2 Å². The van der Waals surface area contributed by atoms with Crippen molar-refractivity contribution in [1.29, 1.82) is 0 Å². The molecule has 2 aromatic carbocycles. The lowest BCUT2D eigenvalue weighted by atomic mass is 10.2. The molecule has 1 aliphatic carbocycles. The Morgan fingerprint density at radius 1 is 1.10 bits per heavy atom. The summed E-state index contributed by atoms with van der Waals surface area (Å²) in [7, 11) is 1.71. The molecule has 20 heavy (non-hydrogen) atoms. The van der Waals surface area contributed by atoms with Crippen LogP contribution in [0.2, 0.25) is 0 Å². The first-order chi connectivity index (χ1) is 9.85. The van der Waals surface area contributed by atoms with Crippen LogP contribution < -0.4 is 10.1 Å². The van der Waals surface area contributed by atoms with Crippen molar-refractivity contribution in [2.75, 3.05) is 7.11 Å². The molecule has 0 spiro atoms. The number of hydrogen-bond donors (Lipinski definition) is 1. The van der Waals surface area contributed by atoms with Gasteiger partial charge in [-0.1, -0.05) is 36.0 Å². The van der Waals surface area contributed by atoms with Gasteiger partial charge in [0.2, 0.25) is 0 Å². The number of rotatable bonds is 6. The normalized spacial score (nSPS) is 14.2. The van der Waals surface area contributed by atoms with E-state index in [1.165, 1.54) is 23.3 Å². The van der Waals surface area contributed by atoms with E-state index in [9.17, 15) is 0 Å². The van der Waals surface area contributed by atoms with Crippen molar-refractivity contribution in [3.63, 3.8) is 0 Å². The minimum Gasteiger partial charge on any atom is -0.496 e. The topological polar surface area (TPSA) is 21.3 Å². The van der Waals surface area contributed by atoms with Crippen molar-refractivity contribution in [3.8, 4) is 5.75 Å². The molecule has 0 aromatic heterocycles. The molecule has 0 saturated heterocycles. The molecule has 1 fully saturated rings. The molecule has 104 valence electrons. The van der Waals surface area contributed by atoms with Crippen LogP contribution in [0.15, 0.2) is 58.3 Å². The Bertz CT molecular complexity index is 563. The molecular weight excluding hydrogens is 266 g/mol. The second kappa shape index (κ2) is 6.33. The van der Waals surface area contributed by atoms with Crippen molar-refractivity contribution < 1.29 is 4.74 Å². The van der Waals surface area contributed by atoms with E-state index in [0.29, 0.717) is 0 Å². The fourth-order valence-corrected chi connectivity index (χ4v) is 2.98. The van der Waals surface area contributed by atoms with E-state index in [2.05, 4.69) is 35.6 Å². The van der Waals surface area contributed by atoms with Crippen molar-refractivity contribution in [2.24, 2.45) is 0 Å². The minimum absolute atomic E-state index is 0.762. The van der Waals surface area contributed by atoms with Crippen LogP contribution >= 0.6 is 11.8 Å². The molecule has 0 atom stereocenters. The monoisotopic (exact) mass is 285 g/mol. The van der Waals surface area contributed by atoms with Crippen LogP contribution in [-0.4, -0.2) is 13.2 Å². The fraction of sp³-hybridized carbons (Fsp3) is 0.294. The van der Waals surface area contributed by atoms with E-state index >= 15 is 0 Å². The zero-order valence-electron chi connectivity index (χ0n) is 11.6. The van der Waals surface area contributed by atoms with E-state index in [1.807, 2.05) is 18.2 Å². The standard InChI is InChI=1S/C17H19NOS/c1-19-16-4-2-3-5-17(16)20-15-10-6-13(7-11-15)12-18-14-8-9-14/h2-7,10-11,14,18H,8-9,12H2,1H3. The molecule has 0 bridgehead atoms. The minimum atomic E-state index is 0.762. The number of methoxy groups -OCH3 is 1. The predicted octanol–water partition coefficient (Wildman–Crippen LogP) is 4.10. The molecule has 2 nitrogen and oxygen atoms in total. The van der Waals surface area contributed by atoms with Crippen molar-refractivity contribution in [2.45, 2.75) is 35.2 Å². The third-order valence-electron chi connectivity index (χ3n) is 3.39. The Morgan fingerprint density at radius 3 is 2.55 bits per heavy atom. The molecule has 3 rings (SSSR count). The van der Waals surface area contributed by atoms with Gasteiger partial charge in [0.05, 0.1) is 12.0 Å². The highest BCUT2D eigenvalue weighted by Gasteiger charge is 2.19. The van der Waals surface area contributed by atoms with Gasteiger partial charge in [-0.2, -0.15) is 0 Å². The van der Waals surface area contributed by atoms with E-state index in [4.69, 9.17) is 4.74 Å². The zero-order valence-corrected chi connectivity index (χ0v) is 12.5. The summed E-state index contributed by atoms with van der Waals surface area (Å²) in [6.07, 6.45) is 2.67. The molecule has 0 aliphatic heterocycles. The number of benzene rings is 2. The largest absolute Gasteiger partial charge is 0.496 e. The maximum Gasteiger partial charge on any atom is 0.132 e. The molecule has 3 heteroatoms. The summed E-state index contributed by atoms with van der Waals surface area (Å²) in [6, 6.07) is 17.6.